The van der Waals surface area contributed by atoms with E-state index in [1.54, 1.807) is 30.3 Å². The lowest BCUT2D eigenvalue weighted by Crippen LogP contribution is -2.31. The molecule has 1 aliphatic rings. The summed E-state index contributed by atoms with van der Waals surface area (Å²) in [4.78, 5) is 0. The normalized spacial score (nSPS) is 17.4. The molecule has 4 rings (SSSR count). The Morgan fingerprint density at radius 1 is 0.775 bits per heavy atom. The second-order valence-corrected chi connectivity index (χ2v) is 10.00. The van der Waals surface area contributed by atoms with Crippen LogP contribution in [0, 0.1) is 23.3 Å². The van der Waals surface area contributed by atoms with Crippen LogP contribution < -0.4 is 4.74 Å². The molecule has 1 saturated heterocycles. The van der Waals surface area contributed by atoms with Crippen molar-refractivity contribution in [1.82, 2.24) is 0 Å². The summed E-state index contributed by atoms with van der Waals surface area (Å²) in [7, 11) is 0. The van der Waals surface area contributed by atoms with Crippen LogP contribution in [0.5, 0.6) is 5.75 Å². The van der Waals surface area contributed by atoms with Gasteiger partial charge in [0.1, 0.15) is 0 Å². The molecule has 3 aromatic carbocycles. The van der Waals surface area contributed by atoms with E-state index in [-0.39, 0.29) is 41.9 Å². The molecule has 0 saturated carbocycles. The van der Waals surface area contributed by atoms with Gasteiger partial charge in [0.05, 0.1) is 19.8 Å². The van der Waals surface area contributed by atoms with Crippen LogP contribution in [0.2, 0.25) is 0 Å². The number of benzene rings is 3. The van der Waals surface area contributed by atoms with Crippen LogP contribution in [0.3, 0.4) is 0 Å². The number of halogens is 4. The standard InChI is InChI=1S/C33H36F4O3/c1-3-5-7-9-19-38-28-18-17-26(32(36)33(28)37)23-13-11-22(12-14-23)25-15-16-27(31(35)30(25)34)24-20-39-29(40-21-24)10-8-6-4-2/h4,6,11-18,24,29H,3,5,7-10,19-21H2,1-2H3. The molecule has 3 nitrogen and oxygen atoms in total. The Bertz CT molecular complexity index is 1280. The largest absolute Gasteiger partial charge is 0.490 e. The van der Waals surface area contributed by atoms with Gasteiger partial charge in [-0.15, -0.1) is 0 Å². The molecule has 0 spiro atoms. The van der Waals surface area contributed by atoms with Crippen LogP contribution in [0.1, 0.15) is 63.9 Å². The SMILES string of the molecule is CC=CCCC1OCC(c2ccc(-c3ccc(-c4ccc(OCCCCCC)c(F)c4F)cc3)c(F)c2F)CO1. The Hall–Kier alpha value is -3.16. The minimum Gasteiger partial charge on any atom is -0.490 e. The zero-order valence-corrected chi connectivity index (χ0v) is 23.0. The summed E-state index contributed by atoms with van der Waals surface area (Å²) < 4.78 is 76.6. The average Bonchev–Trinajstić information content (AvgIpc) is 2.97. The second kappa shape index (κ2) is 14.5. The summed E-state index contributed by atoms with van der Waals surface area (Å²) in [6.07, 6.45) is 9.05. The first-order chi connectivity index (χ1) is 19.4. The molecule has 0 aromatic heterocycles. The van der Waals surface area contributed by atoms with Crippen LogP contribution in [0.25, 0.3) is 22.3 Å². The number of unbranched alkanes of at least 4 members (excludes halogenated alkanes) is 3. The van der Waals surface area contributed by atoms with Crippen molar-refractivity contribution in [3.8, 4) is 28.0 Å². The number of hydrogen-bond donors (Lipinski definition) is 0. The van der Waals surface area contributed by atoms with Gasteiger partial charge in [-0.2, -0.15) is 4.39 Å². The lowest BCUT2D eigenvalue weighted by Gasteiger charge is -2.30. The van der Waals surface area contributed by atoms with E-state index in [0.29, 0.717) is 24.2 Å². The van der Waals surface area contributed by atoms with Crippen molar-refractivity contribution in [2.24, 2.45) is 0 Å². The molecule has 0 atom stereocenters. The fraction of sp³-hybridized carbons (Fsp3) is 0.394. The van der Waals surface area contributed by atoms with E-state index in [2.05, 4.69) is 6.92 Å². The molecule has 1 fully saturated rings. The van der Waals surface area contributed by atoms with Crippen molar-refractivity contribution in [3.63, 3.8) is 0 Å². The van der Waals surface area contributed by atoms with Crippen molar-refractivity contribution < 1.29 is 31.8 Å². The number of ether oxygens (including phenoxy) is 3. The maximum atomic E-state index is 15.2. The fourth-order valence-electron chi connectivity index (χ4n) is 4.80. The molecule has 0 unspecified atom stereocenters. The summed E-state index contributed by atoms with van der Waals surface area (Å²) in [6, 6.07) is 12.2. The van der Waals surface area contributed by atoms with Gasteiger partial charge in [0.2, 0.25) is 5.82 Å². The highest BCUT2D eigenvalue weighted by atomic mass is 19.2. The third-order valence-corrected chi connectivity index (χ3v) is 7.13. The zero-order chi connectivity index (χ0) is 28.5. The number of hydrogen-bond acceptors (Lipinski definition) is 3. The highest BCUT2D eigenvalue weighted by Crippen LogP contribution is 2.34. The Morgan fingerprint density at radius 2 is 1.40 bits per heavy atom. The Morgan fingerprint density at radius 3 is 2.02 bits per heavy atom. The van der Waals surface area contributed by atoms with Gasteiger partial charge in [-0.1, -0.05) is 74.7 Å². The lowest BCUT2D eigenvalue weighted by molar-refractivity contribution is -0.189. The molecular formula is C33H36F4O3. The summed E-state index contributed by atoms with van der Waals surface area (Å²) in [6.45, 7) is 4.85. The van der Waals surface area contributed by atoms with Crippen LogP contribution >= 0.6 is 0 Å². The fourth-order valence-corrected chi connectivity index (χ4v) is 4.80. The van der Waals surface area contributed by atoms with E-state index in [4.69, 9.17) is 14.2 Å². The maximum Gasteiger partial charge on any atom is 0.201 e. The summed E-state index contributed by atoms with van der Waals surface area (Å²) in [5, 5.41) is 0. The summed E-state index contributed by atoms with van der Waals surface area (Å²) in [5.41, 5.74) is 1.17. The van der Waals surface area contributed by atoms with Crippen molar-refractivity contribution >= 4 is 0 Å². The molecule has 214 valence electrons. The first-order valence-corrected chi connectivity index (χ1v) is 14.0. The minimum absolute atomic E-state index is 0.0608. The molecule has 0 bridgehead atoms. The van der Waals surface area contributed by atoms with Crippen LogP contribution in [0.4, 0.5) is 17.6 Å². The Kier molecular flexibility index (Phi) is 10.8. The van der Waals surface area contributed by atoms with Gasteiger partial charge >= 0.3 is 0 Å². The molecule has 0 N–H and O–H groups in total. The van der Waals surface area contributed by atoms with Gasteiger partial charge in [-0.25, -0.2) is 13.2 Å². The molecule has 0 amide bonds. The highest BCUT2D eigenvalue weighted by Gasteiger charge is 2.27. The molecular weight excluding hydrogens is 520 g/mol. The van der Waals surface area contributed by atoms with Crippen LogP contribution in [-0.2, 0) is 9.47 Å². The smallest absolute Gasteiger partial charge is 0.201 e. The van der Waals surface area contributed by atoms with Crippen LogP contribution in [-0.4, -0.2) is 26.1 Å². The van der Waals surface area contributed by atoms with Gasteiger partial charge in [0.15, 0.2) is 29.5 Å². The molecule has 7 heteroatoms. The van der Waals surface area contributed by atoms with Crippen molar-refractivity contribution in [3.05, 3.63) is 89.5 Å². The lowest BCUT2D eigenvalue weighted by atomic mass is 9.94. The van der Waals surface area contributed by atoms with Crippen molar-refractivity contribution in [2.75, 3.05) is 19.8 Å². The van der Waals surface area contributed by atoms with Crippen molar-refractivity contribution in [2.45, 2.75) is 64.6 Å². The predicted molar refractivity (Wildman–Crippen MR) is 149 cm³/mol. The molecule has 1 heterocycles. The van der Waals surface area contributed by atoms with Gasteiger partial charge < -0.3 is 14.2 Å². The number of allylic oxidation sites excluding steroid dienone is 2. The average molecular weight is 557 g/mol. The summed E-state index contributed by atoms with van der Waals surface area (Å²) >= 11 is 0. The van der Waals surface area contributed by atoms with E-state index >= 15 is 8.78 Å². The highest BCUT2D eigenvalue weighted by molar-refractivity contribution is 5.72. The molecule has 0 radical (unpaired) electrons. The monoisotopic (exact) mass is 556 g/mol. The third kappa shape index (κ3) is 7.12. The van der Waals surface area contributed by atoms with E-state index in [1.165, 1.54) is 18.2 Å². The van der Waals surface area contributed by atoms with E-state index in [0.717, 1.165) is 32.1 Å². The maximum absolute atomic E-state index is 15.2. The molecule has 1 aliphatic heterocycles. The topological polar surface area (TPSA) is 27.7 Å². The van der Waals surface area contributed by atoms with Gasteiger partial charge in [-0.05, 0) is 48.6 Å². The first kappa shape index (κ1) is 29.8. The molecule has 0 aliphatic carbocycles. The molecule has 40 heavy (non-hydrogen) atoms. The number of rotatable bonds is 12. The summed E-state index contributed by atoms with van der Waals surface area (Å²) in [5.74, 6) is -4.50. The Balaban J connectivity index is 1.44. The van der Waals surface area contributed by atoms with E-state index in [1.807, 2.05) is 19.1 Å². The Labute approximate surface area is 233 Å². The predicted octanol–water partition coefficient (Wildman–Crippen LogP) is 9.35. The quantitative estimate of drug-likeness (QED) is 0.126. The van der Waals surface area contributed by atoms with Crippen LogP contribution in [0.15, 0.2) is 60.7 Å². The third-order valence-electron chi connectivity index (χ3n) is 7.13. The van der Waals surface area contributed by atoms with E-state index in [9.17, 15) is 8.78 Å². The van der Waals surface area contributed by atoms with Crippen molar-refractivity contribution in [1.29, 1.82) is 0 Å². The first-order valence-electron chi connectivity index (χ1n) is 14.0. The van der Waals surface area contributed by atoms with Gasteiger partial charge in [0, 0.05) is 23.5 Å². The molecule has 3 aromatic rings. The second-order valence-electron chi connectivity index (χ2n) is 10.00. The van der Waals surface area contributed by atoms with E-state index < -0.39 is 29.2 Å². The van der Waals surface area contributed by atoms with Gasteiger partial charge in [0.25, 0.3) is 0 Å². The minimum atomic E-state index is -1.04. The zero-order valence-electron chi connectivity index (χ0n) is 23.0. The van der Waals surface area contributed by atoms with Gasteiger partial charge in [-0.3, -0.25) is 0 Å².